The molecule has 7 heteroatoms. The number of imidazole rings is 1. The molecule has 2 aromatic heterocycles. The molecule has 0 saturated carbocycles. The van der Waals surface area contributed by atoms with Gasteiger partial charge in [-0.1, -0.05) is 0 Å². The van der Waals surface area contributed by atoms with Crippen molar-refractivity contribution >= 4 is 6.03 Å². The number of nitrogens with one attached hydrogen (secondary N) is 1. The third-order valence-corrected chi connectivity index (χ3v) is 4.36. The summed E-state index contributed by atoms with van der Waals surface area (Å²) in [7, 11) is 0. The van der Waals surface area contributed by atoms with E-state index in [1.165, 1.54) is 0 Å². The number of carbonyl (C=O) groups excluding carboxylic acids is 1. The predicted molar refractivity (Wildman–Crippen MR) is 93.9 cm³/mol. The summed E-state index contributed by atoms with van der Waals surface area (Å²) >= 11 is 0. The average molecular weight is 343 g/mol. The van der Waals surface area contributed by atoms with Crippen molar-refractivity contribution in [1.82, 2.24) is 24.8 Å². The van der Waals surface area contributed by atoms with E-state index < -0.39 is 0 Å². The van der Waals surface area contributed by atoms with Crippen LogP contribution in [-0.2, 0) is 17.8 Å². The Hall–Kier alpha value is -2.41. The molecule has 1 aliphatic heterocycles. The molecule has 2 amide bonds. The molecule has 1 aliphatic rings. The van der Waals surface area contributed by atoms with Gasteiger partial charge in [0.15, 0.2) is 0 Å². The molecule has 3 heterocycles. The van der Waals surface area contributed by atoms with Crippen molar-refractivity contribution in [1.29, 1.82) is 0 Å². The third kappa shape index (κ3) is 5.56. The van der Waals surface area contributed by atoms with Gasteiger partial charge >= 0.3 is 6.03 Å². The topological polar surface area (TPSA) is 72.3 Å². The van der Waals surface area contributed by atoms with Gasteiger partial charge < -0.3 is 19.5 Å². The van der Waals surface area contributed by atoms with Crippen LogP contribution >= 0.6 is 0 Å². The minimum absolute atomic E-state index is 0.00524. The van der Waals surface area contributed by atoms with E-state index >= 15 is 0 Å². The molecule has 0 aliphatic carbocycles. The number of ether oxygens (including phenoxy) is 1. The molecular formula is C18H25N5O2. The number of hydrogen-bond acceptors (Lipinski definition) is 4. The quantitative estimate of drug-likeness (QED) is 0.835. The number of aromatic nitrogens is 3. The fourth-order valence-electron chi connectivity index (χ4n) is 2.93. The normalized spacial score (nSPS) is 15.0. The Morgan fingerprint density at radius 1 is 1.24 bits per heavy atom. The fraction of sp³-hybridized carbons (Fsp3) is 0.500. The van der Waals surface area contributed by atoms with Gasteiger partial charge in [0.1, 0.15) is 0 Å². The average Bonchev–Trinajstić information content (AvgIpc) is 3.16. The Morgan fingerprint density at radius 3 is 2.76 bits per heavy atom. The molecule has 1 N–H and O–H groups in total. The van der Waals surface area contributed by atoms with Gasteiger partial charge in [-0.15, -0.1) is 0 Å². The number of carbonyl (C=O) groups is 1. The lowest BCUT2D eigenvalue weighted by Gasteiger charge is -2.28. The number of aryl methyl sites for hydroxylation is 1. The maximum atomic E-state index is 12.7. The Labute approximate surface area is 148 Å². The highest BCUT2D eigenvalue weighted by atomic mass is 16.5. The second-order valence-corrected chi connectivity index (χ2v) is 6.27. The van der Waals surface area contributed by atoms with Crippen LogP contribution in [-0.4, -0.2) is 51.3 Å². The van der Waals surface area contributed by atoms with Gasteiger partial charge in [0.05, 0.1) is 6.33 Å². The van der Waals surface area contributed by atoms with Crippen LogP contribution in [0, 0.1) is 0 Å². The zero-order valence-corrected chi connectivity index (χ0v) is 14.4. The summed E-state index contributed by atoms with van der Waals surface area (Å²) in [5.74, 6) is 0. The van der Waals surface area contributed by atoms with Crippen molar-refractivity contribution in [2.75, 3.05) is 19.8 Å². The molecule has 0 bridgehead atoms. The second-order valence-electron chi connectivity index (χ2n) is 6.27. The van der Waals surface area contributed by atoms with Crippen molar-refractivity contribution in [3.8, 4) is 0 Å². The van der Waals surface area contributed by atoms with Crippen LogP contribution in [0.3, 0.4) is 0 Å². The summed E-state index contributed by atoms with van der Waals surface area (Å²) in [6.07, 6.45) is 11.7. The fourth-order valence-corrected chi connectivity index (χ4v) is 2.93. The van der Waals surface area contributed by atoms with Crippen LogP contribution in [0.5, 0.6) is 0 Å². The second kappa shape index (κ2) is 9.17. The molecule has 0 unspecified atom stereocenters. The van der Waals surface area contributed by atoms with E-state index in [1.54, 1.807) is 24.9 Å². The minimum Gasteiger partial charge on any atom is -0.381 e. The zero-order valence-electron chi connectivity index (χ0n) is 14.4. The van der Waals surface area contributed by atoms with Gasteiger partial charge in [0.25, 0.3) is 0 Å². The maximum Gasteiger partial charge on any atom is 0.317 e. The molecule has 0 radical (unpaired) electrons. The van der Waals surface area contributed by atoms with Crippen LogP contribution in [0.1, 0.15) is 24.8 Å². The van der Waals surface area contributed by atoms with Crippen molar-refractivity contribution < 1.29 is 9.53 Å². The molecule has 0 atom stereocenters. The van der Waals surface area contributed by atoms with Crippen LogP contribution in [0.4, 0.5) is 4.79 Å². The molecule has 134 valence electrons. The Bertz CT molecular complexity index is 626. The summed E-state index contributed by atoms with van der Waals surface area (Å²) in [5.41, 5.74) is 1.08. The van der Waals surface area contributed by atoms with Gasteiger partial charge in [-0.2, -0.15) is 0 Å². The summed E-state index contributed by atoms with van der Waals surface area (Å²) in [4.78, 5) is 22.7. The number of rotatable bonds is 7. The van der Waals surface area contributed by atoms with E-state index in [9.17, 15) is 4.79 Å². The van der Waals surface area contributed by atoms with E-state index in [0.29, 0.717) is 13.1 Å². The lowest BCUT2D eigenvalue weighted by Crippen LogP contribution is -2.46. The number of pyridine rings is 1. The highest BCUT2D eigenvalue weighted by Crippen LogP contribution is 2.10. The first-order chi connectivity index (χ1) is 12.3. The summed E-state index contributed by atoms with van der Waals surface area (Å²) in [6, 6.07) is 4.10. The molecule has 1 saturated heterocycles. The summed E-state index contributed by atoms with van der Waals surface area (Å²) in [6.45, 7) is 3.56. The summed E-state index contributed by atoms with van der Waals surface area (Å²) in [5, 5.41) is 3.16. The largest absolute Gasteiger partial charge is 0.381 e. The monoisotopic (exact) mass is 343 g/mol. The summed E-state index contributed by atoms with van der Waals surface area (Å²) < 4.78 is 7.39. The van der Waals surface area contributed by atoms with E-state index in [4.69, 9.17) is 4.74 Å². The lowest BCUT2D eigenvalue weighted by molar-refractivity contribution is 0.0778. The predicted octanol–water partition coefficient (Wildman–Crippen LogP) is 2.06. The molecule has 25 heavy (non-hydrogen) atoms. The molecule has 0 aromatic carbocycles. The smallest absolute Gasteiger partial charge is 0.317 e. The van der Waals surface area contributed by atoms with Gasteiger partial charge in [0, 0.05) is 63.7 Å². The molecule has 2 aromatic rings. The van der Waals surface area contributed by atoms with Crippen molar-refractivity contribution in [3.63, 3.8) is 0 Å². The molecular weight excluding hydrogens is 318 g/mol. The van der Waals surface area contributed by atoms with Gasteiger partial charge in [-0.25, -0.2) is 9.78 Å². The molecule has 0 spiro atoms. The van der Waals surface area contributed by atoms with E-state index in [1.807, 2.05) is 27.8 Å². The minimum atomic E-state index is -0.00524. The standard InChI is InChI=1S/C18H25N5O2/c24-18(21-17-4-12-25-13-5-17)23(14-16-2-6-19-7-3-16)10-1-9-22-11-8-20-15-22/h2-3,6-8,11,15,17H,1,4-5,9-10,12-14H2,(H,21,24). The van der Waals surface area contributed by atoms with Crippen molar-refractivity contribution in [2.24, 2.45) is 0 Å². The Kier molecular flexibility index (Phi) is 6.39. The first kappa shape index (κ1) is 17.4. The zero-order chi connectivity index (χ0) is 17.3. The van der Waals surface area contributed by atoms with Crippen LogP contribution in [0.25, 0.3) is 0 Å². The first-order valence-electron chi connectivity index (χ1n) is 8.79. The Balaban J connectivity index is 1.57. The molecule has 1 fully saturated rings. The molecule has 7 nitrogen and oxygen atoms in total. The number of nitrogens with zero attached hydrogens (tertiary/aromatic N) is 4. The van der Waals surface area contributed by atoms with Crippen molar-refractivity contribution in [2.45, 2.75) is 38.4 Å². The Morgan fingerprint density at radius 2 is 2.04 bits per heavy atom. The third-order valence-electron chi connectivity index (χ3n) is 4.36. The van der Waals surface area contributed by atoms with E-state index in [-0.39, 0.29) is 12.1 Å². The highest BCUT2D eigenvalue weighted by Gasteiger charge is 2.20. The SMILES string of the molecule is O=C(NC1CCOCC1)N(CCCn1ccnc1)Cc1ccncc1. The van der Waals surface area contributed by atoms with Gasteiger partial charge in [0.2, 0.25) is 0 Å². The first-order valence-corrected chi connectivity index (χ1v) is 8.79. The number of urea groups is 1. The van der Waals surface area contributed by atoms with E-state index in [2.05, 4.69) is 15.3 Å². The number of amides is 2. The lowest BCUT2D eigenvalue weighted by atomic mass is 10.1. The van der Waals surface area contributed by atoms with Gasteiger partial charge in [-0.05, 0) is 37.0 Å². The van der Waals surface area contributed by atoms with Gasteiger partial charge in [-0.3, -0.25) is 4.98 Å². The van der Waals surface area contributed by atoms with Crippen LogP contribution in [0.2, 0.25) is 0 Å². The van der Waals surface area contributed by atoms with Crippen LogP contribution < -0.4 is 5.32 Å². The highest BCUT2D eigenvalue weighted by molar-refractivity contribution is 5.74. The maximum absolute atomic E-state index is 12.7. The van der Waals surface area contributed by atoms with Crippen LogP contribution in [0.15, 0.2) is 43.2 Å². The number of hydrogen-bond donors (Lipinski definition) is 1. The van der Waals surface area contributed by atoms with E-state index in [0.717, 1.165) is 44.6 Å². The van der Waals surface area contributed by atoms with Crippen molar-refractivity contribution in [3.05, 3.63) is 48.8 Å². The molecule has 3 rings (SSSR count).